The zero-order valence-corrected chi connectivity index (χ0v) is 16.3. The van der Waals surface area contributed by atoms with Gasteiger partial charge >= 0.3 is 0 Å². The summed E-state index contributed by atoms with van der Waals surface area (Å²) in [7, 11) is 1.53. The maximum absolute atomic E-state index is 12.4. The minimum absolute atomic E-state index is 0.125. The normalized spacial score (nSPS) is 18.1. The van der Waals surface area contributed by atoms with E-state index in [2.05, 4.69) is 24.5 Å². The molecular weight excluding hydrogens is 364 g/mol. The molecule has 6 heteroatoms. The molecule has 2 amide bonds. The average molecular weight is 387 g/mol. The van der Waals surface area contributed by atoms with E-state index in [1.807, 2.05) is 24.3 Å². The van der Waals surface area contributed by atoms with Crippen LogP contribution >= 0.6 is 11.6 Å². The van der Waals surface area contributed by atoms with E-state index in [0.29, 0.717) is 28.8 Å². The van der Waals surface area contributed by atoms with E-state index in [9.17, 15) is 9.59 Å². The standard InChI is InChI=1S/C21H23ClN2O3/c1-12(2)13-4-6-14(7-5-13)23-20(25)16-11-17(16)21(26)24-15-8-9-19(27-3)18(22)10-15/h4-10,12,16-17H,11H2,1-3H3,(H,23,25)(H,24,26). The summed E-state index contributed by atoms with van der Waals surface area (Å²) in [6.07, 6.45) is 0.547. The van der Waals surface area contributed by atoms with E-state index >= 15 is 0 Å². The largest absolute Gasteiger partial charge is 0.495 e. The number of ether oxygens (including phenoxy) is 1. The van der Waals surface area contributed by atoms with Crippen molar-refractivity contribution in [2.75, 3.05) is 17.7 Å². The van der Waals surface area contributed by atoms with E-state index in [0.717, 1.165) is 5.69 Å². The Kier molecular flexibility index (Phi) is 5.71. The molecule has 0 aromatic heterocycles. The van der Waals surface area contributed by atoms with Gasteiger partial charge in [0.2, 0.25) is 11.8 Å². The topological polar surface area (TPSA) is 67.4 Å². The van der Waals surface area contributed by atoms with Gasteiger partial charge in [-0.3, -0.25) is 9.59 Å². The third-order valence-electron chi connectivity index (χ3n) is 4.73. The summed E-state index contributed by atoms with van der Waals surface area (Å²) in [5.74, 6) is 0.0654. The number of benzene rings is 2. The molecule has 3 rings (SSSR count). The van der Waals surface area contributed by atoms with Crippen LogP contribution in [0.1, 0.15) is 31.7 Å². The van der Waals surface area contributed by atoms with Crippen LogP contribution in [0.5, 0.6) is 5.75 Å². The van der Waals surface area contributed by atoms with Gasteiger partial charge in [-0.2, -0.15) is 0 Å². The number of hydrogen-bond acceptors (Lipinski definition) is 3. The van der Waals surface area contributed by atoms with Gasteiger partial charge in [0.1, 0.15) is 5.75 Å². The lowest BCUT2D eigenvalue weighted by Crippen LogP contribution is -2.20. The number of anilines is 2. The van der Waals surface area contributed by atoms with Crippen molar-refractivity contribution in [3.63, 3.8) is 0 Å². The molecule has 1 fully saturated rings. The zero-order valence-electron chi connectivity index (χ0n) is 15.6. The number of amides is 2. The molecule has 2 unspecified atom stereocenters. The first kappa shape index (κ1) is 19.2. The Hall–Kier alpha value is -2.53. The second-order valence-electron chi connectivity index (χ2n) is 7.05. The van der Waals surface area contributed by atoms with Gasteiger partial charge in [-0.25, -0.2) is 0 Å². The van der Waals surface area contributed by atoms with Crippen LogP contribution in [0, 0.1) is 11.8 Å². The predicted octanol–water partition coefficient (Wildman–Crippen LogP) is 4.69. The number of methoxy groups -OCH3 is 1. The zero-order chi connectivity index (χ0) is 19.6. The van der Waals surface area contributed by atoms with Gasteiger partial charge in [-0.05, 0) is 48.2 Å². The Labute approximate surface area is 164 Å². The lowest BCUT2D eigenvalue weighted by molar-refractivity contribution is -0.122. The third-order valence-corrected chi connectivity index (χ3v) is 5.02. The highest BCUT2D eigenvalue weighted by atomic mass is 35.5. The molecule has 142 valence electrons. The SMILES string of the molecule is COc1ccc(NC(=O)C2CC2C(=O)Nc2ccc(C(C)C)cc2)cc1Cl. The Balaban J connectivity index is 1.54. The molecule has 0 heterocycles. The molecule has 2 aromatic rings. The molecule has 0 saturated heterocycles. The second kappa shape index (κ2) is 8.01. The van der Waals surface area contributed by atoms with Crippen LogP contribution in [0.15, 0.2) is 42.5 Å². The molecule has 2 aromatic carbocycles. The van der Waals surface area contributed by atoms with E-state index in [1.165, 1.54) is 12.7 Å². The van der Waals surface area contributed by atoms with Gasteiger partial charge in [-0.1, -0.05) is 37.6 Å². The molecular formula is C21H23ClN2O3. The van der Waals surface area contributed by atoms with Crippen LogP contribution in [-0.2, 0) is 9.59 Å². The van der Waals surface area contributed by atoms with Crippen LogP contribution in [-0.4, -0.2) is 18.9 Å². The first-order valence-corrected chi connectivity index (χ1v) is 9.32. The van der Waals surface area contributed by atoms with Gasteiger partial charge in [0.15, 0.2) is 0 Å². The van der Waals surface area contributed by atoms with Crippen molar-refractivity contribution in [3.05, 3.63) is 53.1 Å². The highest BCUT2D eigenvalue weighted by Gasteiger charge is 2.48. The quantitative estimate of drug-likeness (QED) is 0.757. The molecule has 1 saturated carbocycles. The van der Waals surface area contributed by atoms with E-state index in [4.69, 9.17) is 16.3 Å². The summed E-state index contributed by atoms with van der Waals surface area (Å²) in [6, 6.07) is 12.8. The minimum atomic E-state index is -0.319. The summed E-state index contributed by atoms with van der Waals surface area (Å²) in [5, 5.41) is 6.11. The number of carbonyl (C=O) groups is 2. The molecule has 27 heavy (non-hydrogen) atoms. The summed E-state index contributed by atoms with van der Waals surface area (Å²) in [6.45, 7) is 4.24. The van der Waals surface area contributed by atoms with Crippen LogP contribution in [0.25, 0.3) is 0 Å². The van der Waals surface area contributed by atoms with Crippen molar-refractivity contribution in [1.29, 1.82) is 0 Å². The summed E-state index contributed by atoms with van der Waals surface area (Å²) in [4.78, 5) is 24.7. The number of carbonyl (C=O) groups excluding carboxylic acids is 2. The van der Waals surface area contributed by atoms with Crippen LogP contribution < -0.4 is 15.4 Å². The van der Waals surface area contributed by atoms with Crippen molar-refractivity contribution in [2.24, 2.45) is 11.8 Å². The summed E-state index contributed by atoms with van der Waals surface area (Å²) in [5.41, 5.74) is 2.55. The number of halogens is 1. The van der Waals surface area contributed by atoms with Gasteiger partial charge in [0.25, 0.3) is 0 Å². The molecule has 0 spiro atoms. The minimum Gasteiger partial charge on any atom is -0.495 e. The van der Waals surface area contributed by atoms with Gasteiger partial charge < -0.3 is 15.4 Å². The van der Waals surface area contributed by atoms with Crippen molar-refractivity contribution in [3.8, 4) is 5.75 Å². The van der Waals surface area contributed by atoms with Crippen molar-refractivity contribution in [2.45, 2.75) is 26.2 Å². The molecule has 5 nitrogen and oxygen atoms in total. The van der Waals surface area contributed by atoms with Crippen molar-refractivity contribution < 1.29 is 14.3 Å². The van der Waals surface area contributed by atoms with Crippen LogP contribution in [0.3, 0.4) is 0 Å². The fourth-order valence-electron chi connectivity index (χ4n) is 2.94. The average Bonchev–Trinajstić information content (AvgIpc) is 3.43. The fourth-order valence-corrected chi connectivity index (χ4v) is 3.20. The summed E-state index contributed by atoms with van der Waals surface area (Å²) >= 11 is 6.07. The number of rotatable bonds is 6. The van der Waals surface area contributed by atoms with Crippen molar-refractivity contribution >= 4 is 34.8 Å². The highest BCUT2D eigenvalue weighted by molar-refractivity contribution is 6.32. The van der Waals surface area contributed by atoms with Gasteiger partial charge in [0.05, 0.1) is 24.0 Å². The Bertz CT molecular complexity index is 849. The predicted molar refractivity (Wildman–Crippen MR) is 107 cm³/mol. The second-order valence-corrected chi connectivity index (χ2v) is 7.46. The Morgan fingerprint density at radius 1 is 1.00 bits per heavy atom. The molecule has 2 atom stereocenters. The Morgan fingerprint density at radius 3 is 2.07 bits per heavy atom. The monoisotopic (exact) mass is 386 g/mol. The lowest BCUT2D eigenvalue weighted by Gasteiger charge is -2.09. The Morgan fingerprint density at radius 2 is 1.56 bits per heavy atom. The smallest absolute Gasteiger partial charge is 0.228 e. The number of nitrogens with one attached hydrogen (secondary N) is 2. The van der Waals surface area contributed by atoms with E-state index in [-0.39, 0.29) is 23.7 Å². The van der Waals surface area contributed by atoms with Gasteiger partial charge in [0, 0.05) is 11.4 Å². The summed E-state index contributed by atoms with van der Waals surface area (Å²) < 4.78 is 5.09. The number of hydrogen-bond donors (Lipinski definition) is 2. The maximum atomic E-state index is 12.4. The highest BCUT2D eigenvalue weighted by Crippen LogP contribution is 2.40. The molecule has 1 aliphatic rings. The molecule has 0 radical (unpaired) electrons. The molecule has 2 N–H and O–H groups in total. The third kappa shape index (κ3) is 4.61. The fraction of sp³-hybridized carbons (Fsp3) is 0.333. The van der Waals surface area contributed by atoms with Crippen LogP contribution in [0.2, 0.25) is 5.02 Å². The lowest BCUT2D eigenvalue weighted by atomic mass is 10.0. The molecule has 1 aliphatic carbocycles. The first-order valence-electron chi connectivity index (χ1n) is 8.94. The van der Waals surface area contributed by atoms with Gasteiger partial charge in [-0.15, -0.1) is 0 Å². The van der Waals surface area contributed by atoms with E-state index in [1.54, 1.807) is 18.2 Å². The first-order chi connectivity index (χ1) is 12.9. The van der Waals surface area contributed by atoms with E-state index < -0.39 is 0 Å². The molecule has 0 bridgehead atoms. The maximum Gasteiger partial charge on any atom is 0.228 e. The van der Waals surface area contributed by atoms with Crippen LogP contribution in [0.4, 0.5) is 11.4 Å². The van der Waals surface area contributed by atoms with Crippen molar-refractivity contribution in [1.82, 2.24) is 0 Å². The molecule has 0 aliphatic heterocycles.